The molecule has 2 aromatic heterocycles. The lowest BCUT2D eigenvalue weighted by atomic mass is 9.81. The first-order valence-electron chi connectivity index (χ1n) is 11.8. The average molecular weight is 533 g/mol. The molecule has 8 nitrogen and oxygen atoms in total. The zero-order chi connectivity index (χ0) is 25.9. The van der Waals surface area contributed by atoms with Crippen molar-refractivity contribution >= 4 is 39.2 Å². The lowest BCUT2D eigenvalue weighted by Crippen LogP contribution is -2.54. The minimum Gasteiger partial charge on any atom is -0.481 e. The van der Waals surface area contributed by atoms with Crippen LogP contribution in [-0.2, 0) is 0 Å². The van der Waals surface area contributed by atoms with E-state index in [9.17, 15) is 13.2 Å². The minimum absolute atomic E-state index is 0.0403. The fourth-order valence-electron chi connectivity index (χ4n) is 5.37. The molecule has 0 radical (unpaired) electrons. The number of nitrogens with one attached hydrogen (secondary N) is 2. The average Bonchev–Trinajstić information content (AvgIpc) is 3.49. The Bertz CT molecular complexity index is 1520. The van der Waals surface area contributed by atoms with E-state index in [1.807, 2.05) is 19.1 Å². The molecule has 2 aliphatic heterocycles. The molecule has 2 aliphatic rings. The van der Waals surface area contributed by atoms with Crippen molar-refractivity contribution < 1.29 is 22.6 Å². The predicted octanol–water partition coefficient (Wildman–Crippen LogP) is 4.88. The van der Waals surface area contributed by atoms with Gasteiger partial charge in [0.15, 0.2) is 12.4 Å². The number of fused-ring (bicyclic) bond motifs is 2. The van der Waals surface area contributed by atoms with E-state index < -0.39 is 12.8 Å². The first-order chi connectivity index (χ1) is 17.7. The van der Waals surface area contributed by atoms with Crippen molar-refractivity contribution in [1.29, 1.82) is 0 Å². The highest BCUT2D eigenvalue weighted by atomic mass is 35.5. The number of aromatic amines is 1. The van der Waals surface area contributed by atoms with Crippen molar-refractivity contribution in [2.24, 2.45) is 5.41 Å². The molecule has 0 unspecified atom stereocenters. The zero-order valence-electron chi connectivity index (χ0n) is 20.2. The molecule has 0 amide bonds. The number of rotatable bonds is 5. The number of halogens is 4. The molecule has 2 N–H and O–H groups in total. The van der Waals surface area contributed by atoms with Crippen LogP contribution in [0, 0.1) is 12.3 Å². The highest BCUT2D eigenvalue weighted by molar-refractivity contribution is 6.35. The van der Waals surface area contributed by atoms with Gasteiger partial charge in [-0.05, 0) is 31.0 Å². The first kappa shape index (κ1) is 24.1. The number of methoxy groups -OCH3 is 1. The fourth-order valence-corrected chi connectivity index (χ4v) is 5.66. The van der Waals surface area contributed by atoms with Crippen LogP contribution in [0.25, 0.3) is 32.9 Å². The Kier molecular flexibility index (Phi) is 5.61. The highest BCUT2D eigenvalue weighted by Crippen LogP contribution is 2.48. The maximum atomic E-state index is 13.4. The summed E-state index contributed by atoms with van der Waals surface area (Å²) >= 11 is 6.87. The third kappa shape index (κ3) is 4.10. The smallest absolute Gasteiger partial charge is 0.422 e. The summed E-state index contributed by atoms with van der Waals surface area (Å²) in [4.78, 5) is 11.2. The van der Waals surface area contributed by atoms with Gasteiger partial charge in [-0.3, -0.25) is 5.10 Å². The van der Waals surface area contributed by atoms with Gasteiger partial charge >= 0.3 is 12.2 Å². The molecule has 194 valence electrons. The number of anilines is 1. The molecule has 37 heavy (non-hydrogen) atoms. The van der Waals surface area contributed by atoms with Gasteiger partial charge in [-0.2, -0.15) is 28.2 Å². The number of H-pyrrole nitrogens is 1. The van der Waals surface area contributed by atoms with E-state index in [1.54, 1.807) is 12.3 Å². The van der Waals surface area contributed by atoms with E-state index >= 15 is 0 Å². The largest absolute Gasteiger partial charge is 0.481 e. The third-order valence-electron chi connectivity index (χ3n) is 7.24. The molecular formula is C25H24ClF3N6O2. The van der Waals surface area contributed by atoms with Gasteiger partial charge in [-0.15, -0.1) is 0 Å². The molecule has 6 rings (SSSR count). The number of hydrogen-bond acceptors (Lipinski definition) is 7. The summed E-state index contributed by atoms with van der Waals surface area (Å²) in [6.45, 7) is 3.71. The Morgan fingerprint density at radius 1 is 1.16 bits per heavy atom. The minimum atomic E-state index is -4.57. The molecule has 0 aliphatic carbocycles. The van der Waals surface area contributed by atoms with Crippen LogP contribution in [0.5, 0.6) is 11.8 Å². The van der Waals surface area contributed by atoms with E-state index in [1.165, 1.54) is 7.11 Å². The summed E-state index contributed by atoms with van der Waals surface area (Å²) in [7, 11) is 1.43. The standard InChI is InChI=1S/C25H24ClF3N6O2/c1-13-3-4-17-15(8-31-34-17)18(13)19-16(26)7-14-20(21(19)37-12-25(27,28)29)32-23(36-2)33-22(14)35-6-5-24(11-35)9-30-10-24/h3-4,7-8,30H,5-6,9-12H2,1-2H3,(H,31,34). The van der Waals surface area contributed by atoms with Crippen LogP contribution in [0.2, 0.25) is 5.02 Å². The molecule has 12 heteroatoms. The quantitative estimate of drug-likeness (QED) is 0.378. The first-order valence-corrected chi connectivity index (χ1v) is 12.2. The molecule has 0 bridgehead atoms. The second-order valence-electron chi connectivity index (χ2n) is 9.76. The van der Waals surface area contributed by atoms with E-state index in [-0.39, 0.29) is 27.7 Å². The number of ether oxygens (including phenoxy) is 2. The second-order valence-corrected chi connectivity index (χ2v) is 10.2. The van der Waals surface area contributed by atoms with Crippen LogP contribution < -0.4 is 19.7 Å². The monoisotopic (exact) mass is 532 g/mol. The summed E-state index contributed by atoms with van der Waals surface area (Å²) < 4.78 is 51.1. The molecule has 1 spiro atoms. The van der Waals surface area contributed by atoms with Crippen LogP contribution in [0.3, 0.4) is 0 Å². The van der Waals surface area contributed by atoms with Crippen LogP contribution >= 0.6 is 11.6 Å². The predicted molar refractivity (Wildman–Crippen MR) is 135 cm³/mol. The maximum absolute atomic E-state index is 13.4. The van der Waals surface area contributed by atoms with Gasteiger partial charge in [0.25, 0.3) is 0 Å². The van der Waals surface area contributed by atoms with Crippen molar-refractivity contribution in [2.75, 3.05) is 44.8 Å². The van der Waals surface area contributed by atoms with Gasteiger partial charge < -0.3 is 19.7 Å². The molecule has 2 saturated heterocycles. The van der Waals surface area contributed by atoms with Gasteiger partial charge in [0.05, 0.1) is 23.8 Å². The van der Waals surface area contributed by atoms with Crippen molar-refractivity contribution in [2.45, 2.75) is 19.5 Å². The van der Waals surface area contributed by atoms with E-state index in [2.05, 4.69) is 30.4 Å². The Hall–Kier alpha value is -3.31. The van der Waals surface area contributed by atoms with Crippen molar-refractivity contribution in [3.63, 3.8) is 0 Å². The Morgan fingerprint density at radius 3 is 2.65 bits per heavy atom. The number of hydrogen-bond donors (Lipinski definition) is 2. The molecule has 4 aromatic rings. The zero-order valence-corrected chi connectivity index (χ0v) is 20.9. The Morgan fingerprint density at radius 2 is 1.97 bits per heavy atom. The Labute approximate surface area is 215 Å². The molecular weight excluding hydrogens is 509 g/mol. The number of nitrogens with zero attached hydrogens (tertiary/aromatic N) is 4. The number of aryl methyl sites for hydroxylation is 1. The molecule has 0 atom stereocenters. The Balaban J connectivity index is 1.62. The fraction of sp³-hybridized carbons (Fsp3) is 0.400. The van der Waals surface area contributed by atoms with Gasteiger partial charge in [0, 0.05) is 53.5 Å². The van der Waals surface area contributed by atoms with E-state index in [4.69, 9.17) is 21.1 Å². The maximum Gasteiger partial charge on any atom is 0.422 e. The van der Waals surface area contributed by atoms with Crippen LogP contribution in [0.4, 0.5) is 19.0 Å². The summed E-state index contributed by atoms with van der Waals surface area (Å²) in [6, 6.07) is 5.46. The van der Waals surface area contributed by atoms with Gasteiger partial charge in [0.2, 0.25) is 0 Å². The summed E-state index contributed by atoms with van der Waals surface area (Å²) in [5, 5.41) is 11.8. The van der Waals surface area contributed by atoms with Gasteiger partial charge in [-0.1, -0.05) is 17.7 Å². The topological polar surface area (TPSA) is 88.2 Å². The summed E-state index contributed by atoms with van der Waals surface area (Å²) in [6.07, 6.45) is -1.96. The van der Waals surface area contributed by atoms with E-state index in [0.717, 1.165) is 43.7 Å². The molecule has 2 fully saturated rings. The van der Waals surface area contributed by atoms with Crippen LogP contribution in [0.15, 0.2) is 24.4 Å². The molecule has 4 heterocycles. The van der Waals surface area contributed by atoms with Gasteiger partial charge in [0.1, 0.15) is 11.3 Å². The lowest BCUT2D eigenvalue weighted by molar-refractivity contribution is -0.153. The SMILES string of the molecule is COc1nc(N2CCC3(CNC3)C2)c2cc(Cl)c(-c3c(C)ccc4[nH]ncc34)c(OCC(F)(F)F)c2n1. The van der Waals surface area contributed by atoms with Crippen LogP contribution in [-0.4, -0.2) is 66.2 Å². The summed E-state index contributed by atoms with van der Waals surface area (Å²) in [5.41, 5.74) is 2.82. The summed E-state index contributed by atoms with van der Waals surface area (Å²) in [5.74, 6) is 0.493. The molecule has 2 aromatic carbocycles. The second kappa shape index (κ2) is 8.63. The van der Waals surface area contributed by atoms with E-state index in [0.29, 0.717) is 27.7 Å². The van der Waals surface area contributed by atoms with Crippen LogP contribution in [0.1, 0.15) is 12.0 Å². The number of alkyl halides is 3. The number of aromatic nitrogens is 4. The normalized spacial score (nSPS) is 17.1. The lowest BCUT2D eigenvalue weighted by Gasteiger charge is -2.39. The van der Waals surface area contributed by atoms with Crippen molar-refractivity contribution in [3.05, 3.63) is 35.0 Å². The number of benzene rings is 2. The molecule has 0 saturated carbocycles. The van der Waals surface area contributed by atoms with Crippen molar-refractivity contribution in [3.8, 4) is 22.9 Å². The third-order valence-corrected chi connectivity index (χ3v) is 7.54. The van der Waals surface area contributed by atoms with Gasteiger partial charge in [-0.25, -0.2) is 0 Å². The highest BCUT2D eigenvalue weighted by Gasteiger charge is 2.44. The van der Waals surface area contributed by atoms with Crippen molar-refractivity contribution in [1.82, 2.24) is 25.5 Å².